The fourth-order valence-corrected chi connectivity index (χ4v) is 4.80. The second-order valence-corrected chi connectivity index (χ2v) is 8.91. The number of thiophene rings is 1. The van der Waals surface area contributed by atoms with E-state index in [1.807, 2.05) is 35.7 Å². The van der Waals surface area contributed by atoms with Crippen molar-refractivity contribution < 1.29 is 9.15 Å². The van der Waals surface area contributed by atoms with Crippen LogP contribution in [0.15, 0.2) is 57.2 Å². The van der Waals surface area contributed by atoms with Gasteiger partial charge in [0.05, 0.1) is 13.2 Å². The summed E-state index contributed by atoms with van der Waals surface area (Å²) in [6, 6.07) is 11.6. The summed E-state index contributed by atoms with van der Waals surface area (Å²) >= 11 is 1.42. The molecule has 1 fully saturated rings. The zero-order chi connectivity index (χ0) is 22.6. The molecule has 0 saturated carbocycles. The van der Waals surface area contributed by atoms with Crippen LogP contribution in [0.5, 0.6) is 0 Å². The lowest BCUT2D eigenvalue weighted by Crippen LogP contribution is -2.36. The zero-order valence-corrected chi connectivity index (χ0v) is 19.4. The van der Waals surface area contributed by atoms with E-state index in [-0.39, 0.29) is 5.43 Å². The van der Waals surface area contributed by atoms with Crippen LogP contribution in [0.25, 0.3) is 21.4 Å². The number of anilines is 3. The number of hydrogen-bond donors (Lipinski definition) is 1. The largest absolute Gasteiger partial charge is 0.439 e. The Kier molecular flexibility index (Phi) is 6.37. The molecule has 0 aliphatic carbocycles. The standard InChI is InChI=1S/C25H26N4O3S/c1-2-3-4-18-9-10-26-25(27-18)28-19-7-5-17(6-8-19)20-16-33-24-21(30)15-22(32-23(20)24)29-11-13-31-14-12-29/h5-10,15-16H,2-4,11-14H2,1H3,(H,26,27,28). The van der Waals surface area contributed by atoms with Crippen LogP contribution in [0.3, 0.4) is 0 Å². The van der Waals surface area contributed by atoms with Gasteiger partial charge in [-0.15, -0.1) is 11.3 Å². The van der Waals surface area contributed by atoms with Gasteiger partial charge in [0.15, 0.2) is 11.5 Å². The highest BCUT2D eigenvalue weighted by molar-refractivity contribution is 7.17. The van der Waals surface area contributed by atoms with Crippen LogP contribution in [0.4, 0.5) is 17.5 Å². The van der Waals surface area contributed by atoms with Crippen molar-refractivity contribution in [3.63, 3.8) is 0 Å². The van der Waals surface area contributed by atoms with E-state index in [1.54, 1.807) is 12.3 Å². The van der Waals surface area contributed by atoms with Gasteiger partial charge >= 0.3 is 0 Å². The molecule has 170 valence electrons. The molecule has 0 amide bonds. The molecule has 5 rings (SSSR count). The Labute approximate surface area is 196 Å². The van der Waals surface area contributed by atoms with E-state index < -0.39 is 0 Å². The maximum Gasteiger partial charge on any atom is 0.227 e. The number of ether oxygens (including phenoxy) is 1. The highest BCUT2D eigenvalue weighted by Crippen LogP contribution is 2.35. The minimum Gasteiger partial charge on any atom is -0.439 e. The molecular formula is C25H26N4O3S. The van der Waals surface area contributed by atoms with E-state index in [9.17, 15) is 4.79 Å². The van der Waals surface area contributed by atoms with Crippen molar-refractivity contribution >= 4 is 39.1 Å². The van der Waals surface area contributed by atoms with Crippen molar-refractivity contribution in [1.29, 1.82) is 0 Å². The van der Waals surface area contributed by atoms with Crippen LogP contribution in [-0.2, 0) is 11.2 Å². The predicted molar refractivity (Wildman–Crippen MR) is 133 cm³/mol. The number of aryl methyl sites for hydroxylation is 1. The molecule has 8 heteroatoms. The Morgan fingerprint density at radius 3 is 2.76 bits per heavy atom. The number of hydrogen-bond acceptors (Lipinski definition) is 8. The maximum absolute atomic E-state index is 12.7. The van der Waals surface area contributed by atoms with Crippen molar-refractivity contribution in [3.05, 3.63) is 63.9 Å². The lowest BCUT2D eigenvalue weighted by atomic mass is 10.1. The molecule has 1 aliphatic rings. The highest BCUT2D eigenvalue weighted by Gasteiger charge is 2.18. The van der Waals surface area contributed by atoms with Gasteiger partial charge in [-0.1, -0.05) is 25.5 Å². The first-order chi connectivity index (χ1) is 16.2. The molecule has 4 heterocycles. The third kappa shape index (κ3) is 4.77. The van der Waals surface area contributed by atoms with Crippen LogP contribution in [0.2, 0.25) is 0 Å². The van der Waals surface area contributed by atoms with Gasteiger partial charge < -0.3 is 19.4 Å². The number of aromatic nitrogens is 2. The number of nitrogens with zero attached hydrogens (tertiary/aromatic N) is 3. The predicted octanol–water partition coefficient (Wildman–Crippen LogP) is 5.23. The smallest absolute Gasteiger partial charge is 0.227 e. The summed E-state index contributed by atoms with van der Waals surface area (Å²) in [7, 11) is 0. The molecule has 3 aromatic heterocycles. The van der Waals surface area contributed by atoms with Crippen molar-refractivity contribution in [2.45, 2.75) is 26.2 Å². The first kappa shape index (κ1) is 21.6. The minimum atomic E-state index is -0.00705. The van der Waals surface area contributed by atoms with Gasteiger partial charge in [-0.25, -0.2) is 9.97 Å². The van der Waals surface area contributed by atoms with Gasteiger partial charge in [-0.3, -0.25) is 4.79 Å². The van der Waals surface area contributed by atoms with Crippen LogP contribution < -0.4 is 15.6 Å². The fraction of sp³-hybridized carbons (Fsp3) is 0.320. The van der Waals surface area contributed by atoms with Crippen LogP contribution in [-0.4, -0.2) is 36.3 Å². The first-order valence-electron chi connectivity index (χ1n) is 11.3. The Morgan fingerprint density at radius 2 is 1.97 bits per heavy atom. The van der Waals surface area contributed by atoms with Gasteiger partial charge in [0.1, 0.15) is 4.70 Å². The molecule has 33 heavy (non-hydrogen) atoms. The summed E-state index contributed by atoms with van der Waals surface area (Å²) in [6.07, 6.45) is 5.00. The van der Waals surface area contributed by atoms with Crippen molar-refractivity contribution in [3.8, 4) is 11.1 Å². The van der Waals surface area contributed by atoms with E-state index in [1.165, 1.54) is 11.3 Å². The zero-order valence-electron chi connectivity index (χ0n) is 18.5. The maximum atomic E-state index is 12.7. The molecule has 0 atom stereocenters. The van der Waals surface area contributed by atoms with E-state index in [0.29, 0.717) is 35.3 Å². The number of benzene rings is 1. The molecule has 1 aromatic carbocycles. The monoisotopic (exact) mass is 462 g/mol. The Bertz CT molecular complexity index is 1290. The summed E-state index contributed by atoms with van der Waals surface area (Å²) in [5.41, 5.74) is 4.50. The third-order valence-corrected chi connectivity index (χ3v) is 6.68. The van der Waals surface area contributed by atoms with Crippen LogP contribution in [0, 0.1) is 0 Å². The van der Waals surface area contributed by atoms with Gasteiger partial charge in [0, 0.05) is 47.7 Å². The summed E-state index contributed by atoms with van der Waals surface area (Å²) in [5.74, 6) is 1.20. The Morgan fingerprint density at radius 1 is 1.15 bits per heavy atom. The molecule has 0 unspecified atom stereocenters. The summed E-state index contributed by atoms with van der Waals surface area (Å²) < 4.78 is 12.3. The Balaban J connectivity index is 1.39. The van der Waals surface area contributed by atoms with Gasteiger partial charge in [0.25, 0.3) is 0 Å². The average Bonchev–Trinajstić information content (AvgIpc) is 3.29. The highest BCUT2D eigenvalue weighted by atomic mass is 32.1. The molecule has 7 nitrogen and oxygen atoms in total. The second-order valence-electron chi connectivity index (χ2n) is 8.03. The number of nitrogens with one attached hydrogen (secondary N) is 1. The summed E-state index contributed by atoms with van der Waals surface area (Å²) in [4.78, 5) is 23.7. The molecule has 0 radical (unpaired) electrons. The van der Waals surface area contributed by atoms with Crippen molar-refractivity contribution in [2.24, 2.45) is 0 Å². The third-order valence-electron chi connectivity index (χ3n) is 5.70. The van der Waals surface area contributed by atoms with Crippen molar-refractivity contribution in [2.75, 3.05) is 36.5 Å². The molecule has 1 saturated heterocycles. The first-order valence-corrected chi connectivity index (χ1v) is 12.2. The lowest BCUT2D eigenvalue weighted by Gasteiger charge is -2.27. The van der Waals surface area contributed by atoms with Crippen molar-refractivity contribution in [1.82, 2.24) is 9.97 Å². The number of rotatable bonds is 7. The summed E-state index contributed by atoms with van der Waals surface area (Å²) in [5, 5.41) is 5.27. The molecule has 0 bridgehead atoms. The van der Waals surface area contributed by atoms with Crippen LogP contribution >= 0.6 is 11.3 Å². The van der Waals surface area contributed by atoms with Gasteiger partial charge in [-0.05, 0) is 36.6 Å². The fourth-order valence-electron chi connectivity index (χ4n) is 3.88. The van der Waals surface area contributed by atoms with E-state index in [0.717, 1.165) is 54.9 Å². The van der Waals surface area contributed by atoms with Gasteiger partial charge in [0.2, 0.25) is 11.4 Å². The topological polar surface area (TPSA) is 80.5 Å². The van der Waals surface area contributed by atoms with Gasteiger partial charge in [-0.2, -0.15) is 0 Å². The van der Waals surface area contributed by atoms with E-state index in [4.69, 9.17) is 9.15 Å². The molecule has 1 aliphatic heterocycles. The molecule has 1 N–H and O–H groups in total. The number of fused-ring (bicyclic) bond motifs is 1. The summed E-state index contributed by atoms with van der Waals surface area (Å²) in [6.45, 7) is 4.88. The second kappa shape index (κ2) is 9.72. The average molecular weight is 463 g/mol. The normalized spacial score (nSPS) is 14.0. The number of unbranched alkanes of at least 4 members (excludes halogenated alkanes) is 1. The minimum absolute atomic E-state index is 0.00705. The molecular weight excluding hydrogens is 436 g/mol. The van der Waals surface area contributed by atoms with E-state index >= 15 is 0 Å². The van der Waals surface area contributed by atoms with E-state index in [2.05, 4.69) is 27.1 Å². The SMILES string of the molecule is CCCCc1ccnc(Nc2ccc(-c3csc4c(=O)cc(N5CCOCC5)oc34)cc2)n1. The molecule has 0 spiro atoms. The lowest BCUT2D eigenvalue weighted by molar-refractivity contribution is 0.121. The van der Waals surface area contributed by atoms with Crippen LogP contribution in [0.1, 0.15) is 25.5 Å². The number of morpholine rings is 1. The Hall–Kier alpha value is -3.23. The quantitative estimate of drug-likeness (QED) is 0.402. The molecule has 4 aromatic rings.